The molecule has 0 saturated carbocycles. The molecule has 3 heteroatoms. The second-order valence-corrected chi connectivity index (χ2v) is 3.82. The van der Waals surface area contributed by atoms with Gasteiger partial charge in [0.1, 0.15) is 6.61 Å². The zero-order chi connectivity index (χ0) is 11.8. The molecule has 0 bridgehead atoms. The highest BCUT2D eigenvalue weighted by Gasteiger charge is 2.08. The molecule has 0 radical (unpaired) electrons. The maximum atomic E-state index is 11.5. The smallest absolute Gasteiger partial charge is 0.409 e. The number of hydrogen-bond acceptors (Lipinski definition) is 2. The molecule has 0 N–H and O–H groups in total. The highest BCUT2D eigenvalue weighted by Crippen LogP contribution is 2.03. The van der Waals surface area contributed by atoms with Crippen LogP contribution >= 0.6 is 0 Å². The zero-order valence-electron chi connectivity index (χ0n) is 9.98. The first-order valence-corrected chi connectivity index (χ1v) is 5.66. The van der Waals surface area contributed by atoms with Crippen molar-refractivity contribution in [2.24, 2.45) is 0 Å². The molecule has 0 aliphatic carbocycles. The Morgan fingerprint density at radius 1 is 1.31 bits per heavy atom. The maximum Gasteiger partial charge on any atom is 0.409 e. The largest absolute Gasteiger partial charge is 0.445 e. The van der Waals surface area contributed by atoms with Gasteiger partial charge in [-0.25, -0.2) is 4.79 Å². The minimum absolute atomic E-state index is 0.252. The van der Waals surface area contributed by atoms with Gasteiger partial charge in [0.25, 0.3) is 0 Å². The van der Waals surface area contributed by atoms with Gasteiger partial charge in [0, 0.05) is 13.6 Å². The van der Waals surface area contributed by atoms with E-state index in [0.717, 1.165) is 24.9 Å². The van der Waals surface area contributed by atoms with Crippen LogP contribution in [0.5, 0.6) is 0 Å². The molecular weight excluding hydrogens is 202 g/mol. The van der Waals surface area contributed by atoms with E-state index in [2.05, 4.69) is 6.92 Å². The van der Waals surface area contributed by atoms with Crippen LogP contribution in [0.15, 0.2) is 30.3 Å². The molecule has 0 aromatic heterocycles. The lowest BCUT2D eigenvalue weighted by atomic mass is 10.2. The standard InChI is InChI=1S/C13H19NO2/c1-3-4-10-14(2)13(15)16-11-12-8-6-5-7-9-12/h5-9H,3-4,10-11H2,1-2H3. The molecule has 1 aromatic carbocycles. The SMILES string of the molecule is CCCCN(C)C(=O)OCc1ccccc1. The third-order valence-electron chi connectivity index (χ3n) is 2.36. The van der Waals surface area contributed by atoms with Crippen molar-refractivity contribution in [3.05, 3.63) is 35.9 Å². The van der Waals surface area contributed by atoms with E-state index in [0.29, 0.717) is 6.61 Å². The van der Waals surface area contributed by atoms with E-state index in [4.69, 9.17) is 4.74 Å². The van der Waals surface area contributed by atoms with Crippen LogP contribution in [0.25, 0.3) is 0 Å². The van der Waals surface area contributed by atoms with Gasteiger partial charge in [-0.15, -0.1) is 0 Å². The minimum atomic E-state index is -0.252. The second kappa shape index (κ2) is 6.88. The Morgan fingerprint density at radius 2 is 2.00 bits per heavy atom. The molecule has 0 fully saturated rings. The van der Waals surface area contributed by atoms with Crippen LogP contribution in [0.1, 0.15) is 25.3 Å². The third kappa shape index (κ3) is 4.34. The summed E-state index contributed by atoms with van der Waals surface area (Å²) in [6.07, 6.45) is 1.84. The van der Waals surface area contributed by atoms with Gasteiger partial charge in [-0.1, -0.05) is 43.7 Å². The average Bonchev–Trinajstić information content (AvgIpc) is 2.34. The summed E-state index contributed by atoms with van der Waals surface area (Å²) in [5.74, 6) is 0. The van der Waals surface area contributed by atoms with E-state index in [1.807, 2.05) is 30.3 Å². The van der Waals surface area contributed by atoms with Crippen molar-refractivity contribution in [2.45, 2.75) is 26.4 Å². The van der Waals surface area contributed by atoms with Crippen LogP contribution in [-0.2, 0) is 11.3 Å². The van der Waals surface area contributed by atoms with Gasteiger partial charge in [-0.05, 0) is 12.0 Å². The predicted octanol–water partition coefficient (Wildman–Crippen LogP) is 3.06. The molecule has 0 atom stereocenters. The molecule has 1 aromatic rings. The molecule has 16 heavy (non-hydrogen) atoms. The molecule has 1 rings (SSSR count). The van der Waals surface area contributed by atoms with Crippen molar-refractivity contribution >= 4 is 6.09 Å². The number of unbranched alkanes of at least 4 members (excludes halogenated alkanes) is 1. The van der Waals surface area contributed by atoms with Crippen molar-refractivity contribution in [1.29, 1.82) is 0 Å². The number of ether oxygens (including phenoxy) is 1. The highest BCUT2D eigenvalue weighted by atomic mass is 16.6. The topological polar surface area (TPSA) is 29.5 Å². The van der Waals surface area contributed by atoms with Crippen LogP contribution in [-0.4, -0.2) is 24.6 Å². The summed E-state index contributed by atoms with van der Waals surface area (Å²) >= 11 is 0. The Bertz CT molecular complexity index is 311. The minimum Gasteiger partial charge on any atom is -0.445 e. The first-order chi connectivity index (χ1) is 7.74. The molecule has 0 aliphatic heterocycles. The molecule has 0 aliphatic rings. The van der Waals surface area contributed by atoms with E-state index in [-0.39, 0.29) is 6.09 Å². The summed E-state index contributed by atoms with van der Waals surface area (Å²) < 4.78 is 5.17. The first kappa shape index (κ1) is 12.6. The monoisotopic (exact) mass is 221 g/mol. The van der Waals surface area contributed by atoms with E-state index in [1.54, 1.807) is 11.9 Å². The maximum absolute atomic E-state index is 11.5. The number of benzene rings is 1. The summed E-state index contributed by atoms with van der Waals surface area (Å²) in [6, 6.07) is 9.70. The molecule has 3 nitrogen and oxygen atoms in total. The lowest BCUT2D eigenvalue weighted by molar-refractivity contribution is 0.104. The third-order valence-corrected chi connectivity index (χ3v) is 2.36. The van der Waals surface area contributed by atoms with E-state index < -0.39 is 0 Å². The number of amides is 1. The fourth-order valence-corrected chi connectivity index (χ4v) is 1.32. The van der Waals surface area contributed by atoms with Crippen molar-refractivity contribution in [2.75, 3.05) is 13.6 Å². The quantitative estimate of drug-likeness (QED) is 0.764. The Hall–Kier alpha value is -1.51. The zero-order valence-corrected chi connectivity index (χ0v) is 9.98. The molecule has 1 amide bonds. The number of carbonyl (C=O) groups is 1. The number of hydrogen-bond donors (Lipinski definition) is 0. The van der Waals surface area contributed by atoms with E-state index >= 15 is 0 Å². The van der Waals surface area contributed by atoms with Gasteiger partial charge in [-0.2, -0.15) is 0 Å². The Kier molecular flexibility index (Phi) is 5.40. The van der Waals surface area contributed by atoms with Gasteiger partial charge in [0.2, 0.25) is 0 Å². The Labute approximate surface area is 97.0 Å². The van der Waals surface area contributed by atoms with Crippen LogP contribution in [0.4, 0.5) is 4.79 Å². The Balaban J connectivity index is 2.29. The molecule has 0 spiro atoms. The second-order valence-electron chi connectivity index (χ2n) is 3.82. The lowest BCUT2D eigenvalue weighted by Crippen LogP contribution is -2.28. The van der Waals surface area contributed by atoms with Gasteiger partial charge >= 0.3 is 6.09 Å². The normalized spacial score (nSPS) is 9.88. The summed E-state index contributed by atoms with van der Waals surface area (Å²) in [7, 11) is 1.77. The first-order valence-electron chi connectivity index (χ1n) is 5.66. The molecule has 0 heterocycles. The number of carbonyl (C=O) groups excluding carboxylic acids is 1. The van der Waals surface area contributed by atoms with Crippen molar-refractivity contribution in [3.63, 3.8) is 0 Å². The fourth-order valence-electron chi connectivity index (χ4n) is 1.32. The average molecular weight is 221 g/mol. The summed E-state index contributed by atoms with van der Waals surface area (Å²) in [6.45, 7) is 3.20. The van der Waals surface area contributed by atoms with Crippen molar-refractivity contribution in [1.82, 2.24) is 4.90 Å². The lowest BCUT2D eigenvalue weighted by Gasteiger charge is -2.16. The Morgan fingerprint density at radius 3 is 2.62 bits per heavy atom. The van der Waals surface area contributed by atoms with Gasteiger partial charge in [-0.3, -0.25) is 0 Å². The number of nitrogens with zero attached hydrogens (tertiary/aromatic N) is 1. The fraction of sp³-hybridized carbons (Fsp3) is 0.462. The number of rotatable bonds is 5. The van der Waals surface area contributed by atoms with Gasteiger partial charge in [0.15, 0.2) is 0 Å². The summed E-state index contributed by atoms with van der Waals surface area (Å²) in [5, 5.41) is 0. The van der Waals surface area contributed by atoms with Crippen LogP contribution in [0.2, 0.25) is 0 Å². The van der Waals surface area contributed by atoms with Crippen LogP contribution in [0, 0.1) is 0 Å². The molecule has 0 unspecified atom stereocenters. The van der Waals surface area contributed by atoms with Gasteiger partial charge < -0.3 is 9.64 Å². The summed E-state index contributed by atoms with van der Waals surface area (Å²) in [5.41, 5.74) is 1.01. The molecular formula is C13H19NO2. The van der Waals surface area contributed by atoms with E-state index in [9.17, 15) is 4.79 Å². The van der Waals surface area contributed by atoms with Crippen LogP contribution in [0.3, 0.4) is 0 Å². The predicted molar refractivity (Wildman–Crippen MR) is 64.2 cm³/mol. The van der Waals surface area contributed by atoms with Crippen molar-refractivity contribution in [3.8, 4) is 0 Å². The molecule has 0 saturated heterocycles. The summed E-state index contributed by atoms with van der Waals surface area (Å²) in [4.78, 5) is 13.1. The molecule has 88 valence electrons. The van der Waals surface area contributed by atoms with Crippen molar-refractivity contribution < 1.29 is 9.53 Å². The van der Waals surface area contributed by atoms with E-state index in [1.165, 1.54) is 0 Å². The van der Waals surface area contributed by atoms with Gasteiger partial charge in [0.05, 0.1) is 0 Å². The van der Waals surface area contributed by atoms with Crippen LogP contribution < -0.4 is 0 Å². The highest BCUT2D eigenvalue weighted by molar-refractivity contribution is 5.67.